The van der Waals surface area contributed by atoms with E-state index >= 15 is 8.78 Å². The second-order valence-electron chi connectivity index (χ2n) is 9.25. The number of nitrogens with one attached hydrogen (secondary N) is 1. The number of aryl methyl sites for hydroxylation is 1. The molecule has 1 aromatic heterocycles. The fourth-order valence-electron chi connectivity index (χ4n) is 4.87. The minimum absolute atomic E-state index is 0.00523. The average molecular weight is 529 g/mol. The Morgan fingerprint density at radius 3 is 2.56 bits per heavy atom. The van der Waals surface area contributed by atoms with Crippen LogP contribution in [0.4, 0.5) is 23.2 Å². The van der Waals surface area contributed by atoms with E-state index in [1.54, 1.807) is 0 Å². The van der Waals surface area contributed by atoms with Crippen LogP contribution in [0, 0.1) is 12.7 Å². The Morgan fingerprint density at radius 2 is 1.92 bits per heavy atom. The van der Waals surface area contributed by atoms with Gasteiger partial charge in [0.15, 0.2) is 0 Å². The summed E-state index contributed by atoms with van der Waals surface area (Å²) in [6.45, 7) is 0.869. The molecule has 1 aromatic carbocycles. The van der Waals surface area contributed by atoms with Crippen LogP contribution in [-0.4, -0.2) is 41.5 Å². The molecule has 0 unspecified atom stereocenters. The second-order valence-corrected chi connectivity index (χ2v) is 11.8. The molecule has 0 aliphatic carbocycles. The van der Waals surface area contributed by atoms with Crippen LogP contribution in [-0.2, 0) is 15.4 Å². The lowest BCUT2D eigenvalue weighted by Gasteiger charge is -2.52. The van der Waals surface area contributed by atoms with E-state index in [-0.39, 0.29) is 41.4 Å². The molecule has 2 bridgehead atoms. The van der Waals surface area contributed by atoms with Gasteiger partial charge in [0, 0.05) is 11.3 Å². The van der Waals surface area contributed by atoms with Gasteiger partial charge in [0.25, 0.3) is 5.91 Å². The summed E-state index contributed by atoms with van der Waals surface area (Å²) in [4.78, 5) is 20.8. The summed E-state index contributed by atoms with van der Waals surface area (Å²) >= 11 is 0. The Hall–Kier alpha value is -3.22. The Bertz CT molecular complexity index is 1390. The summed E-state index contributed by atoms with van der Waals surface area (Å²) in [5, 5.41) is -0.450. The number of amides is 1. The molecule has 1 saturated heterocycles. The normalized spacial score (nSPS) is 28.9. The SMILES string of the molecule is Cc1cc(OC(F)F)cnc1C(=O)Nc1ccc(F)c([C@@]2(C)N=C(N)[C@]3(C)CCC[C@@]2(F)S3(=O)=O)c1. The number of fused-ring (bicyclic) bond motifs is 2. The van der Waals surface area contributed by atoms with E-state index in [1.165, 1.54) is 32.9 Å². The first-order valence-corrected chi connectivity index (χ1v) is 12.5. The molecule has 8 nitrogen and oxygen atoms in total. The molecule has 1 fully saturated rings. The van der Waals surface area contributed by atoms with Gasteiger partial charge in [0.05, 0.1) is 6.20 Å². The highest BCUT2D eigenvalue weighted by atomic mass is 32.2. The highest BCUT2D eigenvalue weighted by Gasteiger charge is 2.71. The van der Waals surface area contributed by atoms with Gasteiger partial charge in [-0.05, 0) is 69.9 Å². The fourth-order valence-corrected chi connectivity index (χ4v) is 7.41. The molecule has 194 valence electrons. The number of hydrogen-bond acceptors (Lipinski definition) is 7. The number of rotatable bonds is 5. The largest absolute Gasteiger partial charge is 0.433 e. The summed E-state index contributed by atoms with van der Waals surface area (Å²) < 4.78 is 85.6. The number of pyridine rings is 1. The van der Waals surface area contributed by atoms with Crippen LogP contribution in [0.1, 0.15) is 54.7 Å². The number of ether oxygens (including phenoxy) is 1. The van der Waals surface area contributed by atoms with Crippen molar-refractivity contribution in [2.75, 3.05) is 5.32 Å². The lowest BCUT2D eigenvalue weighted by Crippen LogP contribution is -2.68. The number of benzene rings is 1. The predicted molar refractivity (Wildman–Crippen MR) is 124 cm³/mol. The molecule has 36 heavy (non-hydrogen) atoms. The van der Waals surface area contributed by atoms with Gasteiger partial charge in [-0.25, -0.2) is 22.2 Å². The van der Waals surface area contributed by atoms with Crippen LogP contribution >= 0.6 is 0 Å². The summed E-state index contributed by atoms with van der Waals surface area (Å²) in [6.07, 6.45) is 0.845. The summed E-state index contributed by atoms with van der Waals surface area (Å²) in [5.74, 6) is -2.25. The van der Waals surface area contributed by atoms with Crippen LogP contribution in [0.3, 0.4) is 0 Å². The van der Waals surface area contributed by atoms with Crippen molar-refractivity contribution in [3.8, 4) is 5.75 Å². The molecule has 13 heteroatoms. The monoisotopic (exact) mass is 528 g/mol. The summed E-state index contributed by atoms with van der Waals surface area (Å²) in [7, 11) is -4.54. The van der Waals surface area contributed by atoms with Crippen molar-refractivity contribution < 1.29 is 35.5 Å². The Kier molecular flexibility index (Phi) is 6.05. The fraction of sp³-hybridized carbons (Fsp3) is 0.435. The van der Waals surface area contributed by atoms with E-state index in [2.05, 4.69) is 20.0 Å². The zero-order valence-corrected chi connectivity index (χ0v) is 20.4. The molecule has 3 atom stereocenters. The van der Waals surface area contributed by atoms with Crippen molar-refractivity contribution in [2.24, 2.45) is 10.7 Å². The van der Waals surface area contributed by atoms with E-state index in [4.69, 9.17) is 5.73 Å². The van der Waals surface area contributed by atoms with Crippen molar-refractivity contribution >= 4 is 27.3 Å². The van der Waals surface area contributed by atoms with Gasteiger partial charge in [0.2, 0.25) is 14.8 Å². The first kappa shape index (κ1) is 25.9. The molecule has 3 N–H and O–H groups in total. The average Bonchev–Trinajstić information content (AvgIpc) is 2.77. The summed E-state index contributed by atoms with van der Waals surface area (Å²) in [5.41, 5.74) is 3.50. The molecule has 0 radical (unpaired) electrons. The molecular weight excluding hydrogens is 504 g/mol. The smallest absolute Gasteiger partial charge is 0.387 e. The molecule has 2 aliphatic heterocycles. The van der Waals surface area contributed by atoms with Crippen LogP contribution in [0.25, 0.3) is 0 Å². The van der Waals surface area contributed by atoms with E-state index < -0.39 is 55.4 Å². The van der Waals surface area contributed by atoms with Crippen molar-refractivity contribution in [3.05, 3.63) is 53.1 Å². The van der Waals surface area contributed by atoms with E-state index in [1.807, 2.05) is 0 Å². The number of alkyl halides is 3. The maximum Gasteiger partial charge on any atom is 0.387 e. The molecule has 3 heterocycles. The lowest BCUT2D eigenvalue weighted by atomic mass is 9.81. The Morgan fingerprint density at radius 1 is 1.22 bits per heavy atom. The van der Waals surface area contributed by atoms with Crippen LogP contribution in [0.2, 0.25) is 0 Å². The van der Waals surface area contributed by atoms with E-state index in [0.29, 0.717) is 0 Å². The minimum atomic E-state index is -4.54. The first-order valence-electron chi connectivity index (χ1n) is 11.0. The van der Waals surface area contributed by atoms with Crippen molar-refractivity contribution in [2.45, 2.75) is 61.9 Å². The third-order valence-electron chi connectivity index (χ3n) is 7.03. The van der Waals surface area contributed by atoms with Gasteiger partial charge in [-0.2, -0.15) is 8.78 Å². The molecule has 4 rings (SSSR count). The number of hydrogen-bond donors (Lipinski definition) is 2. The number of anilines is 1. The summed E-state index contributed by atoms with van der Waals surface area (Å²) in [6, 6.07) is 4.45. The van der Waals surface area contributed by atoms with Crippen molar-refractivity contribution in [3.63, 3.8) is 0 Å². The zero-order chi connectivity index (χ0) is 26.7. The van der Waals surface area contributed by atoms with Gasteiger partial charge < -0.3 is 15.8 Å². The Balaban J connectivity index is 1.73. The number of carbonyl (C=O) groups is 1. The number of aliphatic imine (C=N–C) groups is 1. The van der Waals surface area contributed by atoms with Crippen LogP contribution in [0.15, 0.2) is 35.5 Å². The van der Waals surface area contributed by atoms with Gasteiger partial charge in [-0.15, -0.1) is 0 Å². The maximum absolute atomic E-state index is 16.5. The third kappa shape index (κ3) is 3.62. The number of amidine groups is 1. The number of aromatic nitrogens is 1. The van der Waals surface area contributed by atoms with Gasteiger partial charge >= 0.3 is 6.61 Å². The molecular formula is C23H24F4N4O4S. The number of nitrogens with two attached hydrogens (primary N) is 1. The standard InChI is InChI=1S/C23H24F4N4O4S/c1-12-9-14(35-20(25)26)11-29-17(12)18(32)30-13-5-6-16(24)15(10-13)22(3)23(27)8-4-7-21(2,19(28)31-22)36(23,33)34/h5-6,9-11,20H,4,7-8H2,1-3H3,(H2,28,31)(H,30,32)/t21-,22+,23+/m0/s1. The van der Waals surface area contributed by atoms with Gasteiger partial charge in [-0.1, -0.05) is 0 Å². The maximum atomic E-state index is 16.5. The van der Waals surface area contributed by atoms with Gasteiger partial charge in [0.1, 0.15) is 33.4 Å². The third-order valence-corrected chi connectivity index (χ3v) is 10.1. The van der Waals surface area contributed by atoms with Gasteiger partial charge in [-0.3, -0.25) is 9.79 Å². The zero-order valence-electron chi connectivity index (χ0n) is 19.6. The number of sulfone groups is 1. The van der Waals surface area contributed by atoms with Crippen LogP contribution in [0.5, 0.6) is 5.75 Å². The van der Waals surface area contributed by atoms with E-state index in [0.717, 1.165) is 18.3 Å². The molecule has 2 aliphatic rings. The minimum Gasteiger partial charge on any atom is -0.433 e. The molecule has 0 saturated carbocycles. The first-order chi connectivity index (χ1) is 16.7. The second kappa shape index (κ2) is 8.43. The molecule has 2 aromatic rings. The lowest BCUT2D eigenvalue weighted by molar-refractivity contribution is -0.0501. The Labute approximate surface area is 204 Å². The molecule has 1 amide bonds. The predicted octanol–water partition coefficient (Wildman–Crippen LogP) is 3.99. The van der Waals surface area contributed by atoms with Crippen molar-refractivity contribution in [1.82, 2.24) is 4.98 Å². The quantitative estimate of drug-likeness (QED) is 0.566. The van der Waals surface area contributed by atoms with Crippen LogP contribution < -0.4 is 15.8 Å². The number of halogens is 4. The topological polar surface area (TPSA) is 124 Å². The van der Waals surface area contributed by atoms with Crippen molar-refractivity contribution in [1.29, 1.82) is 0 Å². The highest BCUT2D eigenvalue weighted by Crippen LogP contribution is 2.57. The number of carbonyl (C=O) groups excluding carboxylic acids is 1. The van der Waals surface area contributed by atoms with E-state index in [9.17, 15) is 22.0 Å². The highest BCUT2D eigenvalue weighted by molar-refractivity contribution is 7.95. The molecule has 0 spiro atoms. The number of nitrogens with zero attached hydrogens (tertiary/aromatic N) is 2.